The van der Waals surface area contributed by atoms with E-state index < -0.39 is 44.8 Å². The highest BCUT2D eigenvalue weighted by Crippen LogP contribution is 2.34. The number of sulfonamides is 1. The van der Waals surface area contributed by atoms with E-state index in [0.717, 1.165) is 24.3 Å². The molecule has 0 bridgehead atoms. The molecule has 5 rings (SSSR count). The standard InChI is InChI=1S/C27H19F4N5O4S/c1-40-24-23(41(38,39)35-18-6-4-5-17(28)13-18)12-16(14-33-24)15-9-10-21-19(11-15)25(37)36(26(32)34-21)22-8-3-2-7-20(22)27(29,30)31/h2-14,35H,1H3,(H2,32,34). The Hall–Kier alpha value is -4.98. The maximum Gasteiger partial charge on any atom is 0.418 e. The second-order valence-corrected chi connectivity index (χ2v) is 10.4. The summed E-state index contributed by atoms with van der Waals surface area (Å²) in [5.74, 6) is -1.35. The van der Waals surface area contributed by atoms with Crippen molar-refractivity contribution in [2.24, 2.45) is 0 Å². The molecule has 2 aromatic heterocycles. The van der Waals surface area contributed by atoms with Gasteiger partial charge in [0, 0.05) is 11.8 Å². The summed E-state index contributed by atoms with van der Waals surface area (Å²) in [6.45, 7) is 0. The molecule has 3 N–H and O–H groups in total. The minimum atomic E-state index is -4.77. The molecule has 0 fully saturated rings. The van der Waals surface area contributed by atoms with Crippen LogP contribution in [0.2, 0.25) is 0 Å². The summed E-state index contributed by atoms with van der Waals surface area (Å²) in [5, 5.41) is -0.0770. The van der Waals surface area contributed by atoms with E-state index in [-0.39, 0.29) is 32.9 Å². The zero-order valence-electron chi connectivity index (χ0n) is 21.0. The Morgan fingerprint density at radius 1 is 0.976 bits per heavy atom. The number of hydrogen-bond donors (Lipinski definition) is 2. The van der Waals surface area contributed by atoms with E-state index in [1.165, 1.54) is 61.8 Å². The van der Waals surface area contributed by atoms with Gasteiger partial charge >= 0.3 is 6.18 Å². The number of methoxy groups -OCH3 is 1. The predicted octanol–water partition coefficient (Wildman–Crippen LogP) is 5.00. The molecule has 9 nitrogen and oxygen atoms in total. The van der Waals surface area contributed by atoms with Crippen LogP contribution in [-0.2, 0) is 16.2 Å². The highest BCUT2D eigenvalue weighted by Gasteiger charge is 2.34. The van der Waals surface area contributed by atoms with Crippen molar-refractivity contribution in [3.05, 3.63) is 101 Å². The van der Waals surface area contributed by atoms with E-state index in [4.69, 9.17) is 10.5 Å². The number of pyridine rings is 1. The van der Waals surface area contributed by atoms with E-state index in [2.05, 4.69) is 14.7 Å². The Morgan fingerprint density at radius 2 is 1.73 bits per heavy atom. The SMILES string of the molecule is COc1ncc(-c2ccc3nc(N)n(-c4ccccc4C(F)(F)F)c(=O)c3c2)cc1S(=O)(=O)Nc1cccc(F)c1. The molecule has 0 atom stereocenters. The molecular weight excluding hydrogens is 566 g/mol. The number of fused-ring (bicyclic) bond motifs is 1. The fraction of sp³-hybridized carbons (Fsp3) is 0.0741. The summed E-state index contributed by atoms with van der Waals surface area (Å²) in [7, 11) is -3.11. The molecule has 2 heterocycles. The zero-order chi connectivity index (χ0) is 29.5. The largest absolute Gasteiger partial charge is 0.480 e. The van der Waals surface area contributed by atoms with Crippen molar-refractivity contribution in [1.82, 2.24) is 14.5 Å². The molecule has 210 valence electrons. The first-order chi connectivity index (χ1) is 19.4. The van der Waals surface area contributed by atoms with Crippen LogP contribution < -0.4 is 20.8 Å². The normalized spacial score (nSPS) is 11.9. The molecular formula is C27H19F4N5O4S. The van der Waals surface area contributed by atoms with Crippen molar-refractivity contribution >= 4 is 32.6 Å². The summed E-state index contributed by atoms with van der Waals surface area (Å²) < 4.78 is 89.0. The van der Waals surface area contributed by atoms with Crippen molar-refractivity contribution in [2.45, 2.75) is 11.1 Å². The Balaban J connectivity index is 1.64. The van der Waals surface area contributed by atoms with Crippen LogP contribution >= 0.6 is 0 Å². The molecule has 0 aliphatic heterocycles. The second-order valence-electron chi connectivity index (χ2n) is 8.70. The average Bonchev–Trinajstić information content (AvgIpc) is 2.92. The van der Waals surface area contributed by atoms with Gasteiger partial charge in [-0.15, -0.1) is 0 Å². The van der Waals surface area contributed by atoms with Gasteiger partial charge in [0.05, 0.1) is 35.0 Å². The summed E-state index contributed by atoms with van der Waals surface area (Å²) in [6.07, 6.45) is -3.47. The van der Waals surface area contributed by atoms with E-state index in [0.29, 0.717) is 10.1 Å². The molecule has 0 unspecified atom stereocenters. The van der Waals surface area contributed by atoms with Gasteiger partial charge in [-0.25, -0.2) is 27.3 Å². The smallest absolute Gasteiger partial charge is 0.418 e. The third-order valence-corrected chi connectivity index (χ3v) is 7.43. The lowest BCUT2D eigenvalue weighted by atomic mass is 10.1. The molecule has 0 saturated heterocycles. The Kier molecular flexibility index (Phi) is 6.87. The van der Waals surface area contributed by atoms with Gasteiger partial charge in [-0.3, -0.25) is 9.52 Å². The summed E-state index contributed by atoms with van der Waals surface area (Å²) in [6, 6.07) is 14.8. The third-order valence-electron chi connectivity index (χ3n) is 6.06. The lowest BCUT2D eigenvalue weighted by Gasteiger charge is -2.16. The fourth-order valence-corrected chi connectivity index (χ4v) is 5.42. The second kappa shape index (κ2) is 10.2. The van der Waals surface area contributed by atoms with Crippen LogP contribution in [0.1, 0.15) is 5.56 Å². The van der Waals surface area contributed by atoms with Crippen LogP contribution in [0.15, 0.2) is 88.7 Å². The Morgan fingerprint density at radius 3 is 2.44 bits per heavy atom. The number of nitrogens with zero attached hydrogens (tertiary/aromatic N) is 3. The van der Waals surface area contributed by atoms with E-state index in [9.17, 15) is 30.8 Å². The number of rotatable bonds is 6. The van der Waals surface area contributed by atoms with Gasteiger partial charge in [0.25, 0.3) is 15.6 Å². The molecule has 5 aromatic rings. The number of para-hydroxylation sites is 1. The highest BCUT2D eigenvalue weighted by molar-refractivity contribution is 7.92. The van der Waals surface area contributed by atoms with Crippen LogP contribution in [0.25, 0.3) is 27.7 Å². The van der Waals surface area contributed by atoms with E-state index in [1.807, 2.05) is 0 Å². The molecule has 14 heteroatoms. The van der Waals surface area contributed by atoms with E-state index in [1.54, 1.807) is 0 Å². The first-order valence-electron chi connectivity index (χ1n) is 11.7. The average molecular weight is 586 g/mol. The lowest BCUT2D eigenvalue weighted by molar-refractivity contribution is -0.137. The van der Waals surface area contributed by atoms with Crippen molar-refractivity contribution < 1.29 is 30.7 Å². The number of aromatic nitrogens is 3. The number of benzene rings is 3. The topological polar surface area (TPSA) is 129 Å². The number of hydrogen-bond acceptors (Lipinski definition) is 7. The maximum atomic E-state index is 13.7. The summed E-state index contributed by atoms with van der Waals surface area (Å²) in [4.78, 5) is 21.3. The Labute approximate surface area is 229 Å². The molecule has 41 heavy (non-hydrogen) atoms. The van der Waals surface area contributed by atoms with Crippen molar-refractivity contribution in [2.75, 3.05) is 17.6 Å². The number of alkyl halides is 3. The van der Waals surface area contributed by atoms with Gasteiger partial charge in [0.2, 0.25) is 11.8 Å². The van der Waals surface area contributed by atoms with Crippen molar-refractivity contribution in [1.29, 1.82) is 0 Å². The highest BCUT2D eigenvalue weighted by atomic mass is 32.2. The quantitative estimate of drug-likeness (QED) is 0.269. The van der Waals surface area contributed by atoms with Crippen LogP contribution in [-0.4, -0.2) is 30.1 Å². The number of nitrogens with two attached hydrogens (primary N) is 1. The number of ether oxygens (including phenoxy) is 1. The number of anilines is 2. The minimum absolute atomic E-state index is 0.0356. The maximum absolute atomic E-state index is 13.7. The van der Waals surface area contributed by atoms with Crippen LogP contribution in [0.4, 0.5) is 29.2 Å². The molecule has 0 aliphatic carbocycles. The van der Waals surface area contributed by atoms with Crippen LogP contribution in [0.3, 0.4) is 0 Å². The molecule has 0 saturated carbocycles. The van der Waals surface area contributed by atoms with Gasteiger partial charge < -0.3 is 10.5 Å². The van der Waals surface area contributed by atoms with Crippen molar-refractivity contribution in [3.8, 4) is 22.7 Å². The van der Waals surface area contributed by atoms with Gasteiger partial charge in [-0.2, -0.15) is 13.2 Å². The van der Waals surface area contributed by atoms with Crippen LogP contribution in [0.5, 0.6) is 5.88 Å². The molecule has 0 radical (unpaired) electrons. The van der Waals surface area contributed by atoms with E-state index >= 15 is 0 Å². The minimum Gasteiger partial charge on any atom is -0.480 e. The number of nitrogen functional groups attached to an aromatic ring is 1. The van der Waals surface area contributed by atoms with Gasteiger partial charge in [0.15, 0.2) is 0 Å². The summed E-state index contributed by atoms with van der Waals surface area (Å²) >= 11 is 0. The van der Waals surface area contributed by atoms with Crippen molar-refractivity contribution in [3.63, 3.8) is 0 Å². The molecule has 3 aromatic carbocycles. The Bertz CT molecular complexity index is 1980. The number of halogens is 4. The third kappa shape index (κ3) is 5.28. The molecule has 0 spiro atoms. The van der Waals surface area contributed by atoms with Gasteiger partial charge in [0.1, 0.15) is 10.7 Å². The van der Waals surface area contributed by atoms with Gasteiger partial charge in [-0.1, -0.05) is 24.3 Å². The summed E-state index contributed by atoms with van der Waals surface area (Å²) in [5.41, 5.74) is 4.08. The zero-order valence-corrected chi connectivity index (χ0v) is 21.8. The van der Waals surface area contributed by atoms with Gasteiger partial charge in [-0.05, 0) is 54.1 Å². The monoisotopic (exact) mass is 585 g/mol. The molecule has 0 aliphatic rings. The molecule has 0 amide bonds. The number of nitrogens with one attached hydrogen (secondary N) is 1. The lowest BCUT2D eigenvalue weighted by Crippen LogP contribution is -2.25. The first-order valence-corrected chi connectivity index (χ1v) is 13.2. The van der Waals surface area contributed by atoms with Crippen LogP contribution in [0, 0.1) is 5.82 Å². The fourth-order valence-electron chi connectivity index (χ4n) is 4.22. The first kappa shape index (κ1) is 27.6. The predicted molar refractivity (Wildman–Crippen MR) is 144 cm³/mol.